The molecule has 22 heavy (non-hydrogen) atoms. The lowest BCUT2D eigenvalue weighted by Crippen LogP contribution is -2.38. The van der Waals surface area contributed by atoms with Gasteiger partial charge in [0.25, 0.3) is 11.5 Å². The normalized spacial score (nSPS) is 11.5. The van der Waals surface area contributed by atoms with Crippen molar-refractivity contribution in [1.82, 2.24) is 35.1 Å². The van der Waals surface area contributed by atoms with Crippen molar-refractivity contribution in [3.63, 3.8) is 0 Å². The summed E-state index contributed by atoms with van der Waals surface area (Å²) in [7, 11) is 1.29. The number of carbonyl (C=O) groups excluding carboxylic acids is 1. The molecule has 1 amide bonds. The summed E-state index contributed by atoms with van der Waals surface area (Å²) in [6, 6.07) is 0. The molecule has 0 atom stereocenters. The van der Waals surface area contributed by atoms with Gasteiger partial charge in [0, 0.05) is 13.2 Å². The highest BCUT2D eigenvalue weighted by molar-refractivity contribution is 5.93. The predicted octanol–water partition coefficient (Wildman–Crippen LogP) is -1.25. The van der Waals surface area contributed by atoms with E-state index in [2.05, 4.69) is 25.7 Å². The number of aromatic amines is 1. The second kappa shape index (κ2) is 5.54. The molecule has 118 valence electrons. The number of carbonyl (C=O) groups is 1. The van der Waals surface area contributed by atoms with E-state index < -0.39 is 17.2 Å². The zero-order chi connectivity index (χ0) is 16.5. The number of rotatable bonds is 3. The molecule has 2 aromatic heterocycles. The molecule has 0 aliphatic rings. The Hall–Kier alpha value is -2.78. The van der Waals surface area contributed by atoms with Crippen molar-refractivity contribution >= 4 is 5.91 Å². The van der Waals surface area contributed by atoms with Crippen LogP contribution in [0.3, 0.4) is 0 Å². The molecule has 2 aromatic rings. The summed E-state index contributed by atoms with van der Waals surface area (Å²) >= 11 is 0. The lowest BCUT2D eigenvalue weighted by Gasteiger charge is -2.15. The topological polar surface area (TPSA) is 128 Å². The van der Waals surface area contributed by atoms with Crippen molar-refractivity contribution in [2.45, 2.75) is 32.9 Å². The Morgan fingerprint density at radius 3 is 2.64 bits per heavy atom. The SMILES string of the molecule is Cn1c(=O)[nH]cc(C(=O)NCc2nnn(C(C)(C)C)n2)c1=O. The molecule has 2 rings (SSSR count). The average molecular weight is 307 g/mol. The number of nitrogens with one attached hydrogen (secondary N) is 2. The van der Waals surface area contributed by atoms with Gasteiger partial charge in [-0.15, -0.1) is 10.2 Å². The quantitative estimate of drug-likeness (QED) is 0.729. The first-order valence-electron chi connectivity index (χ1n) is 6.56. The van der Waals surface area contributed by atoms with E-state index in [1.54, 1.807) is 0 Å². The summed E-state index contributed by atoms with van der Waals surface area (Å²) in [4.78, 5) is 38.8. The zero-order valence-electron chi connectivity index (χ0n) is 12.7. The van der Waals surface area contributed by atoms with Crippen LogP contribution in [0.15, 0.2) is 15.8 Å². The summed E-state index contributed by atoms with van der Waals surface area (Å²) < 4.78 is 0.822. The molecule has 0 aliphatic carbocycles. The van der Waals surface area contributed by atoms with Gasteiger partial charge in [0.15, 0.2) is 5.82 Å². The van der Waals surface area contributed by atoms with Crippen LogP contribution in [0.1, 0.15) is 37.0 Å². The Morgan fingerprint density at radius 2 is 2.05 bits per heavy atom. The van der Waals surface area contributed by atoms with Gasteiger partial charge in [-0.25, -0.2) is 4.79 Å². The van der Waals surface area contributed by atoms with E-state index in [4.69, 9.17) is 0 Å². The van der Waals surface area contributed by atoms with Crippen LogP contribution in [0.2, 0.25) is 0 Å². The zero-order valence-corrected chi connectivity index (χ0v) is 12.7. The highest BCUT2D eigenvalue weighted by Crippen LogP contribution is 2.08. The number of aromatic nitrogens is 6. The summed E-state index contributed by atoms with van der Waals surface area (Å²) in [6.07, 6.45) is 1.08. The van der Waals surface area contributed by atoms with E-state index in [9.17, 15) is 14.4 Å². The average Bonchev–Trinajstić information content (AvgIpc) is 2.91. The van der Waals surface area contributed by atoms with Gasteiger partial charge in [0.1, 0.15) is 5.56 Å². The van der Waals surface area contributed by atoms with Gasteiger partial charge in [-0.1, -0.05) is 0 Å². The molecule has 0 radical (unpaired) electrons. The first-order valence-corrected chi connectivity index (χ1v) is 6.56. The van der Waals surface area contributed by atoms with Gasteiger partial charge in [-0.2, -0.15) is 4.80 Å². The van der Waals surface area contributed by atoms with Crippen molar-refractivity contribution in [1.29, 1.82) is 0 Å². The molecule has 2 N–H and O–H groups in total. The third kappa shape index (κ3) is 3.10. The summed E-state index contributed by atoms with van der Waals surface area (Å²) in [6.45, 7) is 5.78. The molecule has 0 unspecified atom stereocenters. The van der Waals surface area contributed by atoms with E-state index in [0.717, 1.165) is 10.8 Å². The van der Waals surface area contributed by atoms with Crippen molar-refractivity contribution < 1.29 is 4.79 Å². The first kappa shape index (κ1) is 15.6. The molecule has 0 aliphatic heterocycles. The summed E-state index contributed by atoms with van der Waals surface area (Å²) in [5.74, 6) is -0.298. The van der Waals surface area contributed by atoms with Gasteiger partial charge < -0.3 is 10.3 Å². The summed E-state index contributed by atoms with van der Waals surface area (Å²) in [5, 5.41) is 14.4. The minimum absolute atomic E-state index is 0.0250. The van der Waals surface area contributed by atoms with Crippen molar-refractivity contribution in [3.05, 3.63) is 38.4 Å². The fraction of sp³-hybridized carbons (Fsp3) is 0.500. The first-order chi connectivity index (χ1) is 10.2. The lowest BCUT2D eigenvalue weighted by atomic mass is 10.1. The fourth-order valence-corrected chi connectivity index (χ4v) is 1.58. The smallest absolute Gasteiger partial charge is 0.328 e. The molecule has 0 saturated carbocycles. The minimum atomic E-state index is -0.674. The van der Waals surface area contributed by atoms with Gasteiger partial charge >= 0.3 is 5.69 Å². The number of hydrogen-bond acceptors (Lipinski definition) is 6. The number of amides is 1. The van der Waals surface area contributed by atoms with Crippen LogP contribution in [0.25, 0.3) is 0 Å². The van der Waals surface area contributed by atoms with Crippen LogP contribution < -0.4 is 16.6 Å². The van der Waals surface area contributed by atoms with E-state index in [0.29, 0.717) is 5.82 Å². The maximum Gasteiger partial charge on any atom is 0.328 e. The van der Waals surface area contributed by atoms with Crippen LogP contribution in [0.5, 0.6) is 0 Å². The van der Waals surface area contributed by atoms with Crippen LogP contribution in [-0.2, 0) is 19.1 Å². The number of tetrazole rings is 1. The molecule has 0 aromatic carbocycles. The van der Waals surface area contributed by atoms with Crippen molar-refractivity contribution in [3.8, 4) is 0 Å². The van der Waals surface area contributed by atoms with Gasteiger partial charge in [-0.3, -0.25) is 14.2 Å². The van der Waals surface area contributed by atoms with Gasteiger partial charge in [0.2, 0.25) is 0 Å². The van der Waals surface area contributed by atoms with Crippen LogP contribution >= 0.6 is 0 Å². The fourth-order valence-electron chi connectivity index (χ4n) is 1.58. The number of hydrogen-bond donors (Lipinski definition) is 2. The minimum Gasteiger partial charge on any atom is -0.344 e. The monoisotopic (exact) mass is 307 g/mol. The molecule has 0 bridgehead atoms. The molecule has 2 heterocycles. The van der Waals surface area contributed by atoms with E-state index in [1.165, 1.54) is 11.8 Å². The predicted molar refractivity (Wildman–Crippen MR) is 76.3 cm³/mol. The maximum atomic E-state index is 12.0. The molecule has 10 nitrogen and oxygen atoms in total. The van der Waals surface area contributed by atoms with Crippen LogP contribution in [0.4, 0.5) is 0 Å². The van der Waals surface area contributed by atoms with Crippen LogP contribution in [0, 0.1) is 0 Å². The largest absolute Gasteiger partial charge is 0.344 e. The van der Waals surface area contributed by atoms with Gasteiger partial charge in [0.05, 0.1) is 12.1 Å². The standard InChI is InChI=1S/C12H17N7O3/c1-12(2,3)19-16-8(15-17-19)6-13-9(20)7-5-14-11(22)18(4)10(7)21/h5H,6H2,1-4H3,(H,13,20)(H,14,22). The number of nitrogens with zero attached hydrogens (tertiary/aromatic N) is 5. The highest BCUT2D eigenvalue weighted by atomic mass is 16.2. The Balaban J connectivity index is 2.11. The van der Waals surface area contributed by atoms with E-state index in [-0.39, 0.29) is 17.6 Å². The number of H-pyrrole nitrogens is 1. The molecule has 0 spiro atoms. The summed E-state index contributed by atoms with van der Waals surface area (Å²) in [5.41, 5.74) is -1.74. The van der Waals surface area contributed by atoms with E-state index >= 15 is 0 Å². The Labute approximate surface area is 125 Å². The maximum absolute atomic E-state index is 12.0. The Bertz CT molecular complexity index is 809. The van der Waals surface area contributed by atoms with Gasteiger partial charge in [-0.05, 0) is 26.0 Å². The third-order valence-corrected chi connectivity index (χ3v) is 2.89. The molecule has 0 fully saturated rings. The third-order valence-electron chi connectivity index (χ3n) is 2.89. The second-order valence-corrected chi connectivity index (χ2v) is 5.72. The molecular formula is C12H17N7O3. The highest BCUT2D eigenvalue weighted by Gasteiger charge is 2.18. The Morgan fingerprint density at radius 1 is 1.36 bits per heavy atom. The lowest BCUT2D eigenvalue weighted by molar-refractivity contribution is 0.0947. The van der Waals surface area contributed by atoms with Crippen molar-refractivity contribution in [2.24, 2.45) is 7.05 Å². The van der Waals surface area contributed by atoms with E-state index in [1.807, 2.05) is 20.8 Å². The Kier molecular flexibility index (Phi) is 3.93. The molecule has 10 heteroatoms. The van der Waals surface area contributed by atoms with Crippen molar-refractivity contribution in [2.75, 3.05) is 0 Å². The molecule has 0 saturated heterocycles. The second-order valence-electron chi connectivity index (χ2n) is 5.72. The van der Waals surface area contributed by atoms with Crippen LogP contribution in [-0.4, -0.2) is 35.7 Å². The molecular weight excluding hydrogens is 290 g/mol.